The molecule has 0 bridgehead atoms. The largest absolute Gasteiger partial charge is 0.390 e. The number of aliphatic hydroxyl groups excluding tert-OH is 1. The molecular weight excluding hydrogens is 320 g/mol. The van der Waals surface area contributed by atoms with Gasteiger partial charge in [-0.3, -0.25) is 9.69 Å². The van der Waals surface area contributed by atoms with E-state index < -0.39 is 6.10 Å². The zero-order chi connectivity index (χ0) is 16.5. The van der Waals surface area contributed by atoms with Gasteiger partial charge in [0.15, 0.2) is 0 Å². The Balaban J connectivity index is 1.44. The highest BCUT2D eigenvalue weighted by Crippen LogP contribution is 2.19. The summed E-state index contributed by atoms with van der Waals surface area (Å²) in [6, 6.07) is 12.3. The molecule has 0 amide bonds. The van der Waals surface area contributed by atoms with E-state index in [0.29, 0.717) is 13.1 Å². The van der Waals surface area contributed by atoms with Crippen LogP contribution in [-0.4, -0.2) is 33.8 Å². The fraction of sp³-hybridized carbons (Fsp3) is 0.316. The maximum atomic E-state index is 12.4. The van der Waals surface area contributed by atoms with Crippen LogP contribution in [0, 0.1) is 0 Å². The van der Waals surface area contributed by atoms with Gasteiger partial charge in [0.2, 0.25) is 0 Å². The number of fused-ring (bicyclic) bond motifs is 2. The van der Waals surface area contributed by atoms with E-state index in [0.717, 1.165) is 29.6 Å². The van der Waals surface area contributed by atoms with Crippen LogP contribution in [0.15, 0.2) is 52.8 Å². The lowest BCUT2D eigenvalue weighted by Crippen LogP contribution is -2.39. The fourth-order valence-corrected chi connectivity index (χ4v) is 4.22. The fourth-order valence-electron chi connectivity index (χ4n) is 3.44. The maximum Gasteiger partial charge on any atom is 0.259 e. The molecule has 1 unspecified atom stereocenters. The molecule has 0 spiro atoms. The minimum atomic E-state index is -0.552. The Hall–Kier alpha value is -1.95. The summed E-state index contributed by atoms with van der Waals surface area (Å²) in [6.07, 6.45) is 2.25. The molecule has 0 fully saturated rings. The van der Waals surface area contributed by atoms with Gasteiger partial charge in [0.1, 0.15) is 0 Å². The highest BCUT2D eigenvalue weighted by molar-refractivity contribution is 7.17. The number of aromatic nitrogens is 1. The third kappa shape index (κ3) is 3.02. The van der Waals surface area contributed by atoms with Crippen LogP contribution in [0.4, 0.5) is 0 Å². The topological polar surface area (TPSA) is 45.5 Å². The predicted molar refractivity (Wildman–Crippen MR) is 97.5 cm³/mol. The number of aliphatic hydroxyl groups is 1. The number of benzene rings is 1. The van der Waals surface area contributed by atoms with Crippen molar-refractivity contribution in [2.75, 3.05) is 13.1 Å². The first kappa shape index (κ1) is 15.6. The predicted octanol–water partition coefficient (Wildman–Crippen LogP) is 2.48. The number of hydrogen-bond donors (Lipinski definition) is 1. The second-order valence-corrected chi connectivity index (χ2v) is 7.33. The molecule has 3 heterocycles. The first-order valence-corrected chi connectivity index (χ1v) is 9.12. The molecule has 3 aromatic rings. The minimum absolute atomic E-state index is 0.0169. The summed E-state index contributed by atoms with van der Waals surface area (Å²) in [5.74, 6) is 0. The molecule has 0 aliphatic carbocycles. The van der Waals surface area contributed by atoms with Crippen LogP contribution >= 0.6 is 11.3 Å². The third-order valence-corrected chi connectivity index (χ3v) is 5.56. The van der Waals surface area contributed by atoms with Gasteiger partial charge >= 0.3 is 0 Å². The van der Waals surface area contributed by atoms with E-state index in [1.807, 2.05) is 17.5 Å². The molecule has 0 saturated heterocycles. The molecule has 1 N–H and O–H groups in total. The summed E-state index contributed by atoms with van der Waals surface area (Å²) in [4.78, 5) is 14.7. The Morgan fingerprint density at radius 2 is 1.96 bits per heavy atom. The van der Waals surface area contributed by atoms with Gasteiger partial charge in [0.05, 0.1) is 18.0 Å². The van der Waals surface area contributed by atoms with E-state index >= 15 is 0 Å². The van der Waals surface area contributed by atoms with Crippen molar-refractivity contribution < 1.29 is 5.11 Å². The molecule has 4 rings (SSSR count). The molecule has 5 heteroatoms. The minimum Gasteiger partial charge on any atom is -0.390 e. The third-order valence-electron chi connectivity index (χ3n) is 4.68. The van der Waals surface area contributed by atoms with Crippen LogP contribution < -0.4 is 5.56 Å². The van der Waals surface area contributed by atoms with Gasteiger partial charge < -0.3 is 9.67 Å². The van der Waals surface area contributed by atoms with Crippen molar-refractivity contribution in [2.24, 2.45) is 0 Å². The van der Waals surface area contributed by atoms with Gasteiger partial charge in [0, 0.05) is 30.5 Å². The quantitative estimate of drug-likeness (QED) is 0.794. The van der Waals surface area contributed by atoms with Crippen molar-refractivity contribution in [3.63, 3.8) is 0 Å². The summed E-state index contributed by atoms with van der Waals surface area (Å²) >= 11 is 1.57. The average Bonchev–Trinajstić information content (AvgIpc) is 3.07. The van der Waals surface area contributed by atoms with E-state index in [4.69, 9.17) is 0 Å². The Kier molecular flexibility index (Phi) is 4.22. The van der Waals surface area contributed by atoms with E-state index in [1.54, 1.807) is 22.1 Å². The molecule has 1 aliphatic rings. The van der Waals surface area contributed by atoms with Gasteiger partial charge in [-0.05, 0) is 35.1 Å². The van der Waals surface area contributed by atoms with Gasteiger partial charge in [-0.2, -0.15) is 0 Å². The van der Waals surface area contributed by atoms with E-state index in [-0.39, 0.29) is 5.56 Å². The van der Waals surface area contributed by atoms with Crippen LogP contribution in [0.2, 0.25) is 0 Å². The molecule has 1 aliphatic heterocycles. The Labute approximate surface area is 144 Å². The number of hydrogen-bond acceptors (Lipinski definition) is 4. The molecule has 24 heavy (non-hydrogen) atoms. The first-order chi connectivity index (χ1) is 11.7. The Bertz CT molecular complexity index is 915. The van der Waals surface area contributed by atoms with Crippen molar-refractivity contribution in [2.45, 2.75) is 25.6 Å². The van der Waals surface area contributed by atoms with E-state index in [1.165, 1.54) is 11.1 Å². The van der Waals surface area contributed by atoms with Crippen molar-refractivity contribution >= 4 is 21.4 Å². The second-order valence-electron chi connectivity index (χ2n) is 6.38. The Morgan fingerprint density at radius 3 is 2.83 bits per heavy atom. The van der Waals surface area contributed by atoms with Crippen LogP contribution in [-0.2, 0) is 19.5 Å². The number of β-amino-alcohol motifs (C(OH)–C–C–N with tert-alkyl or cyclic N) is 1. The average molecular weight is 340 g/mol. The van der Waals surface area contributed by atoms with Crippen LogP contribution in [0.3, 0.4) is 0 Å². The number of pyridine rings is 1. The van der Waals surface area contributed by atoms with E-state index in [9.17, 15) is 9.90 Å². The molecule has 0 saturated carbocycles. The maximum absolute atomic E-state index is 12.4. The van der Waals surface area contributed by atoms with Gasteiger partial charge in [-0.25, -0.2) is 0 Å². The number of rotatable bonds is 4. The number of nitrogens with zero attached hydrogens (tertiary/aromatic N) is 2. The summed E-state index contributed by atoms with van der Waals surface area (Å²) < 4.78 is 2.62. The van der Waals surface area contributed by atoms with Crippen molar-refractivity contribution in [1.82, 2.24) is 9.47 Å². The van der Waals surface area contributed by atoms with Crippen molar-refractivity contribution in [3.8, 4) is 0 Å². The van der Waals surface area contributed by atoms with Crippen molar-refractivity contribution in [1.29, 1.82) is 0 Å². The van der Waals surface area contributed by atoms with Crippen molar-refractivity contribution in [3.05, 3.63) is 69.5 Å². The molecule has 0 radical (unpaired) electrons. The molecule has 1 atom stereocenters. The molecule has 1 aromatic carbocycles. The smallest absolute Gasteiger partial charge is 0.259 e. The zero-order valence-corrected chi connectivity index (χ0v) is 14.2. The molecular formula is C19H20N2O2S. The summed E-state index contributed by atoms with van der Waals surface area (Å²) in [5.41, 5.74) is 2.73. The summed E-state index contributed by atoms with van der Waals surface area (Å²) in [5, 5.41) is 13.1. The monoisotopic (exact) mass is 340 g/mol. The molecule has 124 valence electrons. The first-order valence-electron chi connectivity index (χ1n) is 8.24. The summed E-state index contributed by atoms with van der Waals surface area (Å²) in [7, 11) is 0. The zero-order valence-electron chi connectivity index (χ0n) is 13.4. The van der Waals surface area contributed by atoms with E-state index in [2.05, 4.69) is 29.2 Å². The van der Waals surface area contributed by atoms with Crippen LogP contribution in [0.1, 0.15) is 11.1 Å². The van der Waals surface area contributed by atoms with Gasteiger partial charge in [0.25, 0.3) is 5.56 Å². The number of thiophene rings is 1. The van der Waals surface area contributed by atoms with Gasteiger partial charge in [-0.15, -0.1) is 11.3 Å². The van der Waals surface area contributed by atoms with Gasteiger partial charge in [-0.1, -0.05) is 24.3 Å². The lowest BCUT2D eigenvalue weighted by Gasteiger charge is -2.30. The molecule has 4 nitrogen and oxygen atoms in total. The second kappa shape index (κ2) is 6.51. The standard InChI is InChI=1S/C19H20N2O2S/c22-16(12-20-8-5-14-3-1-2-4-15(14)11-20)13-21-9-6-18-17(19(21)23)7-10-24-18/h1-4,6-7,9-10,16,22H,5,8,11-13H2. The van der Waals surface area contributed by atoms with Crippen LogP contribution in [0.5, 0.6) is 0 Å². The SMILES string of the molecule is O=c1c2ccsc2ccn1CC(O)CN1CCc2ccccc2C1. The van der Waals surface area contributed by atoms with Crippen LogP contribution in [0.25, 0.3) is 10.1 Å². The normalized spacial score (nSPS) is 16.2. The highest BCUT2D eigenvalue weighted by Gasteiger charge is 2.19. The lowest BCUT2D eigenvalue weighted by atomic mass is 10.00. The summed E-state index contributed by atoms with van der Waals surface area (Å²) in [6.45, 7) is 2.74. The highest BCUT2D eigenvalue weighted by atomic mass is 32.1. The molecule has 2 aromatic heterocycles. The Morgan fingerprint density at radius 1 is 1.12 bits per heavy atom. The lowest BCUT2D eigenvalue weighted by molar-refractivity contribution is 0.0911.